The molecule has 0 saturated carbocycles. The first-order chi connectivity index (χ1) is 11.5. The van der Waals surface area contributed by atoms with E-state index in [2.05, 4.69) is 35.9 Å². The van der Waals surface area contributed by atoms with Crippen molar-refractivity contribution in [2.24, 2.45) is 0 Å². The average Bonchev–Trinajstić information content (AvgIpc) is 2.57. The number of piperazine rings is 1. The van der Waals surface area contributed by atoms with Crippen molar-refractivity contribution in [2.45, 2.75) is 25.9 Å². The molecule has 1 aliphatic rings. The van der Waals surface area contributed by atoms with Gasteiger partial charge in [0.1, 0.15) is 5.75 Å². The van der Waals surface area contributed by atoms with E-state index in [0.29, 0.717) is 13.1 Å². The molecule has 3 rings (SSSR count). The number of carbonyl (C=O) groups is 1. The molecule has 2 aromatic rings. The maximum Gasteiger partial charge on any atom is 0.276 e. The summed E-state index contributed by atoms with van der Waals surface area (Å²) in [5, 5.41) is 9.87. The quantitative estimate of drug-likeness (QED) is 0.942. The lowest BCUT2D eigenvalue weighted by atomic mass is 9.97. The molecule has 1 N–H and O–H groups in total. The molecule has 1 aromatic heterocycles. The van der Waals surface area contributed by atoms with Gasteiger partial charge in [-0.25, -0.2) is 4.98 Å². The molecule has 0 spiro atoms. The first-order valence-electron chi connectivity index (χ1n) is 8.19. The van der Waals surface area contributed by atoms with Crippen LogP contribution in [-0.4, -0.2) is 51.0 Å². The highest BCUT2D eigenvalue weighted by molar-refractivity contribution is 5.94. The molecular formula is C19H23N3O2. The van der Waals surface area contributed by atoms with Gasteiger partial charge in [0.25, 0.3) is 5.91 Å². The van der Waals surface area contributed by atoms with Gasteiger partial charge in [-0.2, -0.15) is 0 Å². The Morgan fingerprint density at radius 2 is 1.92 bits per heavy atom. The Labute approximate surface area is 142 Å². The number of pyridine rings is 1. The van der Waals surface area contributed by atoms with Gasteiger partial charge in [-0.1, -0.05) is 30.3 Å². The number of rotatable bonds is 3. The monoisotopic (exact) mass is 325 g/mol. The third-order valence-electron chi connectivity index (χ3n) is 4.57. The summed E-state index contributed by atoms with van der Waals surface area (Å²) in [6, 6.07) is 13.5. The van der Waals surface area contributed by atoms with Crippen molar-refractivity contribution in [3.8, 4) is 5.75 Å². The van der Waals surface area contributed by atoms with Crippen LogP contribution in [0.5, 0.6) is 5.75 Å². The first-order valence-corrected chi connectivity index (χ1v) is 8.19. The van der Waals surface area contributed by atoms with E-state index in [1.54, 1.807) is 11.0 Å². The van der Waals surface area contributed by atoms with Crippen LogP contribution in [-0.2, 0) is 6.54 Å². The molecule has 0 bridgehead atoms. The summed E-state index contributed by atoms with van der Waals surface area (Å²) in [4.78, 5) is 20.9. The van der Waals surface area contributed by atoms with Gasteiger partial charge in [0.2, 0.25) is 0 Å². The van der Waals surface area contributed by atoms with Crippen LogP contribution < -0.4 is 0 Å². The molecule has 2 heterocycles. The predicted molar refractivity (Wildman–Crippen MR) is 92.7 cm³/mol. The minimum atomic E-state index is -0.208. The SMILES string of the molecule is CC1(C)CN(C(=O)c2ncccc2O)CCN1Cc1ccccc1. The fourth-order valence-corrected chi connectivity index (χ4v) is 3.17. The molecule has 1 amide bonds. The molecule has 0 atom stereocenters. The normalized spacial score (nSPS) is 17.7. The van der Waals surface area contributed by atoms with Crippen LogP contribution in [0.2, 0.25) is 0 Å². The van der Waals surface area contributed by atoms with Crippen LogP contribution >= 0.6 is 0 Å². The fraction of sp³-hybridized carbons (Fsp3) is 0.368. The van der Waals surface area contributed by atoms with E-state index in [-0.39, 0.29) is 22.9 Å². The zero-order valence-electron chi connectivity index (χ0n) is 14.1. The Kier molecular flexibility index (Phi) is 4.53. The Morgan fingerprint density at radius 3 is 2.58 bits per heavy atom. The summed E-state index contributed by atoms with van der Waals surface area (Å²) in [6.45, 7) is 7.19. The van der Waals surface area contributed by atoms with Crippen LogP contribution in [0.1, 0.15) is 29.9 Å². The number of aromatic nitrogens is 1. The number of hydrogen-bond acceptors (Lipinski definition) is 4. The second-order valence-electron chi connectivity index (χ2n) is 6.82. The molecule has 0 aliphatic carbocycles. The van der Waals surface area contributed by atoms with Crippen molar-refractivity contribution in [3.05, 3.63) is 59.9 Å². The van der Waals surface area contributed by atoms with Gasteiger partial charge < -0.3 is 10.0 Å². The van der Waals surface area contributed by atoms with Crippen molar-refractivity contribution >= 4 is 5.91 Å². The van der Waals surface area contributed by atoms with E-state index in [4.69, 9.17) is 0 Å². The van der Waals surface area contributed by atoms with Gasteiger partial charge in [-0.05, 0) is 31.5 Å². The molecule has 0 radical (unpaired) electrons. The lowest BCUT2D eigenvalue weighted by Gasteiger charge is -2.47. The van der Waals surface area contributed by atoms with Gasteiger partial charge in [0.15, 0.2) is 5.69 Å². The Morgan fingerprint density at radius 1 is 1.17 bits per heavy atom. The molecule has 5 nitrogen and oxygen atoms in total. The van der Waals surface area contributed by atoms with Crippen molar-refractivity contribution in [2.75, 3.05) is 19.6 Å². The highest BCUT2D eigenvalue weighted by Crippen LogP contribution is 2.25. The highest BCUT2D eigenvalue weighted by Gasteiger charge is 2.36. The summed E-state index contributed by atoms with van der Waals surface area (Å²) in [7, 11) is 0. The third kappa shape index (κ3) is 3.41. The molecule has 1 saturated heterocycles. The van der Waals surface area contributed by atoms with Gasteiger partial charge in [0.05, 0.1) is 0 Å². The summed E-state index contributed by atoms with van der Waals surface area (Å²) in [5.74, 6) is -0.271. The first kappa shape index (κ1) is 16.5. The third-order valence-corrected chi connectivity index (χ3v) is 4.57. The van der Waals surface area contributed by atoms with Crippen LogP contribution in [0.4, 0.5) is 0 Å². The number of benzene rings is 1. The maximum atomic E-state index is 12.7. The summed E-state index contributed by atoms with van der Waals surface area (Å²) in [6.07, 6.45) is 1.53. The number of amides is 1. The number of carbonyl (C=O) groups excluding carboxylic acids is 1. The van der Waals surface area contributed by atoms with E-state index in [1.165, 1.54) is 17.8 Å². The van der Waals surface area contributed by atoms with E-state index < -0.39 is 0 Å². The zero-order chi connectivity index (χ0) is 17.2. The predicted octanol–water partition coefficient (Wildman–Crippen LogP) is 2.52. The largest absolute Gasteiger partial charge is 0.505 e. The number of nitrogens with zero attached hydrogens (tertiary/aromatic N) is 3. The van der Waals surface area contributed by atoms with E-state index in [1.807, 2.05) is 18.2 Å². The van der Waals surface area contributed by atoms with Crippen LogP contribution in [0.15, 0.2) is 48.7 Å². The van der Waals surface area contributed by atoms with Crippen molar-refractivity contribution in [1.82, 2.24) is 14.8 Å². The smallest absolute Gasteiger partial charge is 0.276 e. The minimum Gasteiger partial charge on any atom is -0.505 e. The van der Waals surface area contributed by atoms with Gasteiger partial charge in [0, 0.05) is 37.9 Å². The lowest BCUT2D eigenvalue weighted by Crippen LogP contribution is -2.60. The fourth-order valence-electron chi connectivity index (χ4n) is 3.17. The second-order valence-corrected chi connectivity index (χ2v) is 6.82. The highest BCUT2D eigenvalue weighted by atomic mass is 16.3. The molecule has 5 heteroatoms. The van der Waals surface area contributed by atoms with E-state index in [0.717, 1.165) is 13.1 Å². The summed E-state index contributed by atoms with van der Waals surface area (Å²) < 4.78 is 0. The zero-order valence-corrected chi connectivity index (χ0v) is 14.1. The topological polar surface area (TPSA) is 56.7 Å². The number of aromatic hydroxyl groups is 1. The molecule has 1 aliphatic heterocycles. The standard InChI is InChI=1S/C19H23N3O2/c1-19(2)14-21(18(24)17-16(23)9-6-10-20-17)11-12-22(19)13-15-7-4-3-5-8-15/h3-10,23H,11-14H2,1-2H3. The van der Waals surface area contributed by atoms with E-state index >= 15 is 0 Å². The van der Waals surface area contributed by atoms with Crippen LogP contribution in [0.25, 0.3) is 0 Å². The van der Waals surface area contributed by atoms with Gasteiger partial charge in [-0.15, -0.1) is 0 Å². The van der Waals surface area contributed by atoms with E-state index in [9.17, 15) is 9.90 Å². The molecule has 1 fully saturated rings. The Balaban J connectivity index is 1.71. The molecule has 0 unspecified atom stereocenters. The average molecular weight is 325 g/mol. The Bertz CT molecular complexity index is 716. The molecule has 126 valence electrons. The second kappa shape index (κ2) is 6.61. The van der Waals surface area contributed by atoms with Gasteiger partial charge >= 0.3 is 0 Å². The van der Waals surface area contributed by atoms with Crippen LogP contribution in [0, 0.1) is 0 Å². The summed E-state index contributed by atoms with van der Waals surface area (Å²) >= 11 is 0. The van der Waals surface area contributed by atoms with Crippen molar-refractivity contribution in [3.63, 3.8) is 0 Å². The minimum absolute atomic E-state index is 0.0629. The molecular weight excluding hydrogens is 302 g/mol. The summed E-state index contributed by atoms with van der Waals surface area (Å²) in [5.41, 5.74) is 1.26. The van der Waals surface area contributed by atoms with Gasteiger partial charge in [-0.3, -0.25) is 9.69 Å². The number of hydrogen-bond donors (Lipinski definition) is 1. The maximum absolute atomic E-state index is 12.7. The van der Waals surface area contributed by atoms with Crippen molar-refractivity contribution < 1.29 is 9.90 Å². The Hall–Kier alpha value is -2.40. The molecule has 1 aromatic carbocycles. The van der Waals surface area contributed by atoms with Crippen LogP contribution in [0.3, 0.4) is 0 Å². The van der Waals surface area contributed by atoms with Crippen molar-refractivity contribution in [1.29, 1.82) is 0 Å². The molecule has 24 heavy (non-hydrogen) atoms. The lowest BCUT2D eigenvalue weighted by molar-refractivity contribution is 0.0134.